The highest BCUT2D eigenvalue weighted by Crippen LogP contribution is 2.24. The molecule has 1 unspecified atom stereocenters. The van der Waals surface area contributed by atoms with E-state index < -0.39 is 11.9 Å². The van der Waals surface area contributed by atoms with Crippen LogP contribution in [0.4, 0.5) is 0 Å². The third-order valence-electron chi connectivity index (χ3n) is 2.92. The van der Waals surface area contributed by atoms with Crippen molar-refractivity contribution in [1.82, 2.24) is 0 Å². The number of phenolic OH excluding ortho intramolecular Hbond substituents is 1. The van der Waals surface area contributed by atoms with Crippen LogP contribution in [0, 0.1) is 0 Å². The third kappa shape index (κ3) is 3.58. The maximum Gasteiger partial charge on any atom is 0.311 e. The van der Waals surface area contributed by atoms with Crippen molar-refractivity contribution in [3.05, 3.63) is 64.1 Å². The molecule has 0 fully saturated rings. The van der Waals surface area contributed by atoms with Gasteiger partial charge in [0.25, 0.3) is 0 Å². The second-order valence-electron chi connectivity index (χ2n) is 4.32. The molecule has 0 amide bonds. The summed E-state index contributed by atoms with van der Waals surface area (Å²) < 4.78 is 0.915. The highest BCUT2D eigenvalue weighted by Gasteiger charge is 2.20. The molecule has 98 valence electrons. The maximum atomic E-state index is 11.4. The van der Waals surface area contributed by atoms with Crippen LogP contribution >= 0.6 is 15.9 Å². The maximum absolute atomic E-state index is 11.4. The predicted molar refractivity (Wildman–Crippen MR) is 76.3 cm³/mol. The van der Waals surface area contributed by atoms with Crippen molar-refractivity contribution in [2.24, 2.45) is 0 Å². The Labute approximate surface area is 119 Å². The summed E-state index contributed by atoms with van der Waals surface area (Å²) in [4.78, 5) is 11.4. The minimum atomic E-state index is -0.870. The summed E-state index contributed by atoms with van der Waals surface area (Å²) in [6.07, 6.45) is 0.353. The Balaban J connectivity index is 2.26. The van der Waals surface area contributed by atoms with Crippen molar-refractivity contribution >= 4 is 21.9 Å². The Morgan fingerprint density at radius 1 is 1.16 bits per heavy atom. The highest BCUT2D eigenvalue weighted by molar-refractivity contribution is 9.10. The summed E-state index contributed by atoms with van der Waals surface area (Å²) in [5.74, 6) is -1.34. The quantitative estimate of drug-likeness (QED) is 0.905. The number of carboxylic acid groups (broad SMARTS) is 1. The van der Waals surface area contributed by atoms with Gasteiger partial charge in [-0.1, -0.05) is 40.2 Å². The first-order valence-electron chi connectivity index (χ1n) is 5.82. The van der Waals surface area contributed by atoms with E-state index in [0.29, 0.717) is 6.42 Å². The molecule has 0 radical (unpaired) electrons. The van der Waals surface area contributed by atoms with Crippen LogP contribution in [-0.2, 0) is 11.2 Å². The first-order valence-corrected chi connectivity index (χ1v) is 6.62. The largest absolute Gasteiger partial charge is 0.508 e. The van der Waals surface area contributed by atoms with Gasteiger partial charge in [-0.25, -0.2) is 0 Å². The molecule has 0 saturated carbocycles. The molecular weight excluding hydrogens is 308 g/mol. The molecular formula is C15H13BrO3. The SMILES string of the molecule is O=C(O)C(Cc1cccc(O)c1)c1ccc(Br)cc1. The zero-order valence-electron chi connectivity index (χ0n) is 10.1. The molecule has 4 heteroatoms. The summed E-state index contributed by atoms with van der Waals surface area (Å²) in [6, 6.07) is 13.9. The van der Waals surface area contributed by atoms with Gasteiger partial charge < -0.3 is 10.2 Å². The summed E-state index contributed by atoms with van der Waals surface area (Å²) in [6.45, 7) is 0. The molecule has 1 atom stereocenters. The molecule has 0 aliphatic heterocycles. The van der Waals surface area contributed by atoms with Crippen molar-refractivity contribution in [3.63, 3.8) is 0 Å². The zero-order chi connectivity index (χ0) is 13.8. The van der Waals surface area contributed by atoms with Crippen molar-refractivity contribution in [3.8, 4) is 5.75 Å². The van der Waals surface area contributed by atoms with E-state index in [1.165, 1.54) is 0 Å². The molecule has 0 bridgehead atoms. The zero-order valence-corrected chi connectivity index (χ0v) is 11.7. The van der Waals surface area contributed by atoms with E-state index in [1.54, 1.807) is 30.3 Å². The van der Waals surface area contributed by atoms with Gasteiger partial charge in [0, 0.05) is 4.47 Å². The number of carbonyl (C=O) groups is 1. The van der Waals surface area contributed by atoms with E-state index in [1.807, 2.05) is 18.2 Å². The fourth-order valence-electron chi connectivity index (χ4n) is 1.96. The molecule has 2 N–H and O–H groups in total. The van der Waals surface area contributed by atoms with Gasteiger partial charge in [0.05, 0.1) is 5.92 Å². The van der Waals surface area contributed by atoms with Crippen LogP contribution in [0.1, 0.15) is 17.0 Å². The van der Waals surface area contributed by atoms with Gasteiger partial charge in [-0.3, -0.25) is 4.79 Å². The number of aliphatic carboxylic acids is 1. The molecule has 0 aromatic heterocycles. The van der Waals surface area contributed by atoms with Gasteiger partial charge in [-0.15, -0.1) is 0 Å². The fraction of sp³-hybridized carbons (Fsp3) is 0.133. The first kappa shape index (κ1) is 13.6. The predicted octanol–water partition coefficient (Wildman–Crippen LogP) is 3.57. The highest BCUT2D eigenvalue weighted by atomic mass is 79.9. The number of halogens is 1. The molecule has 0 aliphatic carbocycles. The van der Waals surface area contributed by atoms with Crippen LogP contribution in [0.2, 0.25) is 0 Å². The lowest BCUT2D eigenvalue weighted by Gasteiger charge is -2.13. The van der Waals surface area contributed by atoms with Crippen molar-refractivity contribution < 1.29 is 15.0 Å². The third-order valence-corrected chi connectivity index (χ3v) is 3.45. The summed E-state index contributed by atoms with van der Waals surface area (Å²) in [5.41, 5.74) is 1.55. The Bertz CT molecular complexity index is 578. The molecule has 0 aliphatic rings. The summed E-state index contributed by atoms with van der Waals surface area (Å²) in [5, 5.41) is 18.8. The van der Waals surface area contributed by atoms with Crippen LogP contribution in [0.3, 0.4) is 0 Å². The topological polar surface area (TPSA) is 57.5 Å². The lowest BCUT2D eigenvalue weighted by atomic mass is 9.92. The van der Waals surface area contributed by atoms with Crippen LogP contribution in [0.25, 0.3) is 0 Å². The van der Waals surface area contributed by atoms with Gasteiger partial charge >= 0.3 is 5.97 Å². The van der Waals surface area contributed by atoms with Crippen molar-refractivity contribution in [1.29, 1.82) is 0 Å². The molecule has 2 rings (SSSR count). The van der Waals surface area contributed by atoms with E-state index in [4.69, 9.17) is 0 Å². The number of carboxylic acids is 1. The number of aromatic hydroxyl groups is 1. The molecule has 2 aromatic carbocycles. The Morgan fingerprint density at radius 2 is 1.84 bits per heavy atom. The van der Waals surface area contributed by atoms with Crippen LogP contribution in [0.5, 0.6) is 5.75 Å². The van der Waals surface area contributed by atoms with E-state index in [-0.39, 0.29) is 5.75 Å². The number of benzene rings is 2. The summed E-state index contributed by atoms with van der Waals surface area (Å²) in [7, 11) is 0. The normalized spacial score (nSPS) is 12.1. The Kier molecular flexibility index (Phi) is 4.22. The Morgan fingerprint density at radius 3 is 2.42 bits per heavy atom. The number of rotatable bonds is 4. The van der Waals surface area contributed by atoms with Gasteiger partial charge in [0.2, 0.25) is 0 Å². The van der Waals surface area contributed by atoms with Gasteiger partial charge in [0.1, 0.15) is 5.75 Å². The molecule has 19 heavy (non-hydrogen) atoms. The lowest BCUT2D eigenvalue weighted by molar-refractivity contribution is -0.138. The molecule has 0 heterocycles. The van der Waals surface area contributed by atoms with Crippen LogP contribution in [0.15, 0.2) is 53.0 Å². The molecule has 0 spiro atoms. The second kappa shape index (κ2) is 5.89. The Hall–Kier alpha value is -1.81. The van der Waals surface area contributed by atoms with Crippen molar-refractivity contribution in [2.75, 3.05) is 0 Å². The number of hydrogen-bond donors (Lipinski definition) is 2. The number of hydrogen-bond acceptors (Lipinski definition) is 2. The van der Waals surface area contributed by atoms with Gasteiger partial charge in [-0.2, -0.15) is 0 Å². The smallest absolute Gasteiger partial charge is 0.311 e. The standard InChI is InChI=1S/C15H13BrO3/c16-12-6-4-11(5-7-12)14(15(18)19)9-10-2-1-3-13(17)8-10/h1-8,14,17H,9H2,(H,18,19). The average Bonchev–Trinajstić information content (AvgIpc) is 2.37. The van der Waals surface area contributed by atoms with Crippen molar-refractivity contribution in [2.45, 2.75) is 12.3 Å². The first-order chi connectivity index (χ1) is 9.06. The van der Waals surface area contributed by atoms with E-state index in [9.17, 15) is 15.0 Å². The van der Waals surface area contributed by atoms with E-state index in [2.05, 4.69) is 15.9 Å². The minimum Gasteiger partial charge on any atom is -0.508 e. The molecule has 3 nitrogen and oxygen atoms in total. The second-order valence-corrected chi connectivity index (χ2v) is 5.23. The fourth-order valence-corrected chi connectivity index (χ4v) is 2.23. The molecule has 2 aromatic rings. The van der Waals surface area contributed by atoms with Gasteiger partial charge in [-0.05, 0) is 41.8 Å². The van der Waals surface area contributed by atoms with Crippen LogP contribution in [-0.4, -0.2) is 16.2 Å². The lowest BCUT2D eigenvalue weighted by Crippen LogP contribution is -2.14. The minimum absolute atomic E-state index is 0.150. The summed E-state index contributed by atoms with van der Waals surface area (Å²) >= 11 is 3.33. The molecule has 0 saturated heterocycles. The number of phenols is 1. The van der Waals surface area contributed by atoms with Gasteiger partial charge in [0.15, 0.2) is 0 Å². The average molecular weight is 321 g/mol. The van der Waals surface area contributed by atoms with E-state index in [0.717, 1.165) is 15.6 Å². The van der Waals surface area contributed by atoms with E-state index >= 15 is 0 Å². The monoisotopic (exact) mass is 320 g/mol. The van der Waals surface area contributed by atoms with Crippen LogP contribution < -0.4 is 0 Å².